The molecular weight excluding hydrogens is 312 g/mol. The van der Waals surface area contributed by atoms with Crippen LogP contribution in [-0.4, -0.2) is 51.2 Å². The van der Waals surface area contributed by atoms with E-state index in [1.807, 2.05) is 0 Å². The van der Waals surface area contributed by atoms with Crippen molar-refractivity contribution in [2.45, 2.75) is 41.0 Å². The average Bonchev–Trinajstić information content (AvgIpc) is 2.49. The Hall–Kier alpha value is -0.300. The molecule has 0 aliphatic rings. The van der Waals surface area contributed by atoms with E-state index in [1.54, 1.807) is 0 Å². The summed E-state index contributed by atoms with van der Waals surface area (Å²) in [4.78, 5) is 11.6. The van der Waals surface area contributed by atoms with Gasteiger partial charge in [-0.3, -0.25) is 9.52 Å². The van der Waals surface area contributed by atoms with Crippen molar-refractivity contribution in [2.75, 3.05) is 45.3 Å². The molecule has 1 amide bonds. The first-order chi connectivity index (χ1) is 10.9. The van der Waals surface area contributed by atoms with Gasteiger partial charge in [-0.2, -0.15) is 0 Å². The quantitative estimate of drug-likeness (QED) is 0.352. The number of ether oxygens (including phenoxy) is 2. The summed E-state index contributed by atoms with van der Waals surface area (Å²) in [5.74, 6) is 2.41. The molecule has 0 rings (SSSR count). The summed E-state index contributed by atoms with van der Waals surface area (Å²) < 4.78 is 14.1. The normalized spacial score (nSPS) is 12.8. The van der Waals surface area contributed by atoms with Gasteiger partial charge in [-0.1, -0.05) is 46.6 Å². The van der Waals surface area contributed by atoms with Gasteiger partial charge in [-0.15, -0.1) is 0 Å². The second-order valence-electron chi connectivity index (χ2n) is 6.62. The molecule has 1 atom stereocenters. The van der Waals surface area contributed by atoms with Crippen LogP contribution in [0.2, 0.25) is 0 Å². The summed E-state index contributed by atoms with van der Waals surface area (Å²) in [6.45, 7) is 15.0. The molecule has 0 saturated heterocycles. The van der Waals surface area contributed by atoms with Crippen LogP contribution in [0.1, 0.15) is 41.0 Å². The van der Waals surface area contributed by atoms with E-state index in [1.165, 1.54) is 11.9 Å². The van der Waals surface area contributed by atoms with Gasteiger partial charge in [0, 0.05) is 19.7 Å². The number of carbonyl (C=O) groups is 1. The van der Waals surface area contributed by atoms with E-state index in [2.05, 4.69) is 44.7 Å². The van der Waals surface area contributed by atoms with E-state index < -0.39 is 0 Å². The van der Waals surface area contributed by atoms with Crippen LogP contribution in [0.5, 0.6) is 0 Å². The predicted octanol–water partition coefficient (Wildman–Crippen LogP) is 2.71. The monoisotopic (exact) mass is 348 g/mol. The summed E-state index contributed by atoms with van der Waals surface area (Å²) in [6.07, 6.45) is 1.08. The fourth-order valence-electron chi connectivity index (χ4n) is 1.50. The minimum Gasteiger partial charge on any atom is -0.379 e. The lowest BCUT2D eigenvalue weighted by Gasteiger charge is -2.15. The smallest absolute Gasteiger partial charge is 0.231 e. The van der Waals surface area contributed by atoms with Gasteiger partial charge in [0.25, 0.3) is 0 Å². The number of nitrogens with one attached hydrogen (secondary N) is 2. The Morgan fingerprint density at radius 3 is 2.26 bits per heavy atom. The molecule has 0 spiro atoms. The van der Waals surface area contributed by atoms with Crippen LogP contribution in [0.15, 0.2) is 0 Å². The molecule has 0 aliphatic heterocycles. The van der Waals surface area contributed by atoms with E-state index in [4.69, 9.17) is 9.47 Å². The molecule has 5 nitrogen and oxygen atoms in total. The summed E-state index contributed by atoms with van der Waals surface area (Å²) in [5, 5.41) is 2.84. The Balaban J connectivity index is 3.28. The highest BCUT2D eigenvalue weighted by atomic mass is 32.2. The Labute approximate surface area is 146 Å². The zero-order chi connectivity index (χ0) is 17.5. The molecule has 23 heavy (non-hydrogen) atoms. The zero-order valence-electron chi connectivity index (χ0n) is 15.5. The van der Waals surface area contributed by atoms with E-state index in [-0.39, 0.29) is 5.91 Å². The van der Waals surface area contributed by atoms with Crippen LogP contribution < -0.4 is 10.0 Å². The summed E-state index contributed by atoms with van der Waals surface area (Å²) in [7, 11) is 0. The molecule has 0 radical (unpaired) electrons. The van der Waals surface area contributed by atoms with Crippen molar-refractivity contribution in [3.05, 3.63) is 0 Å². The predicted molar refractivity (Wildman–Crippen MR) is 98.6 cm³/mol. The van der Waals surface area contributed by atoms with Gasteiger partial charge < -0.3 is 14.8 Å². The fraction of sp³-hybridized carbons (Fsp3) is 0.941. The highest BCUT2D eigenvalue weighted by Crippen LogP contribution is 2.09. The standard InChI is InChI=1S/C17H36N2O3S/c1-14(2)6-8-21-10-11-22-9-7-18-17(20)13-23-19-12-16(5)15(3)4/h14-16,19H,6-13H2,1-5H3,(H,18,20). The Kier molecular flexibility index (Phi) is 15.0. The first kappa shape index (κ1) is 22.7. The number of hydrogen-bond acceptors (Lipinski definition) is 5. The minimum absolute atomic E-state index is 0.0384. The summed E-state index contributed by atoms with van der Waals surface area (Å²) >= 11 is 1.46. The highest BCUT2D eigenvalue weighted by Gasteiger charge is 2.07. The van der Waals surface area contributed by atoms with Crippen molar-refractivity contribution in [1.82, 2.24) is 10.0 Å². The molecule has 2 N–H and O–H groups in total. The van der Waals surface area contributed by atoms with Gasteiger partial charge >= 0.3 is 0 Å². The van der Waals surface area contributed by atoms with Crippen LogP contribution in [0, 0.1) is 17.8 Å². The van der Waals surface area contributed by atoms with Gasteiger partial charge in [0.2, 0.25) is 5.91 Å². The highest BCUT2D eigenvalue weighted by molar-refractivity contribution is 7.98. The van der Waals surface area contributed by atoms with E-state index in [0.29, 0.717) is 49.9 Å². The van der Waals surface area contributed by atoms with Crippen molar-refractivity contribution < 1.29 is 14.3 Å². The summed E-state index contributed by atoms with van der Waals surface area (Å²) in [5.41, 5.74) is 0. The van der Waals surface area contributed by atoms with Crippen LogP contribution in [0.3, 0.4) is 0 Å². The summed E-state index contributed by atoms with van der Waals surface area (Å²) in [6, 6.07) is 0. The number of hydrogen-bond donors (Lipinski definition) is 2. The van der Waals surface area contributed by atoms with E-state index in [9.17, 15) is 4.79 Å². The largest absolute Gasteiger partial charge is 0.379 e. The molecule has 0 aromatic rings. The SMILES string of the molecule is CC(C)CCOCCOCCNC(=O)CSNCC(C)C(C)C. The van der Waals surface area contributed by atoms with Gasteiger partial charge in [-0.25, -0.2) is 0 Å². The maximum atomic E-state index is 11.6. The van der Waals surface area contributed by atoms with Gasteiger partial charge in [0.05, 0.1) is 25.6 Å². The van der Waals surface area contributed by atoms with E-state index in [0.717, 1.165) is 19.6 Å². The molecule has 0 saturated carbocycles. The maximum absolute atomic E-state index is 11.6. The molecule has 0 heterocycles. The first-order valence-electron chi connectivity index (χ1n) is 8.70. The van der Waals surface area contributed by atoms with Crippen LogP contribution in [0.25, 0.3) is 0 Å². The zero-order valence-corrected chi connectivity index (χ0v) is 16.3. The third-order valence-corrected chi connectivity index (χ3v) is 4.41. The minimum atomic E-state index is 0.0384. The van der Waals surface area contributed by atoms with Crippen molar-refractivity contribution in [2.24, 2.45) is 17.8 Å². The number of amides is 1. The molecular formula is C17H36N2O3S. The van der Waals surface area contributed by atoms with E-state index >= 15 is 0 Å². The molecule has 138 valence electrons. The molecule has 0 aromatic heterocycles. The third-order valence-electron chi connectivity index (χ3n) is 3.63. The lowest BCUT2D eigenvalue weighted by Crippen LogP contribution is -2.30. The molecule has 0 bridgehead atoms. The number of carbonyl (C=O) groups excluding carboxylic acids is 1. The topological polar surface area (TPSA) is 59.6 Å². The fourth-order valence-corrected chi connectivity index (χ4v) is 2.21. The Morgan fingerprint density at radius 1 is 1.00 bits per heavy atom. The molecule has 0 aliphatic carbocycles. The van der Waals surface area contributed by atoms with Crippen LogP contribution >= 0.6 is 11.9 Å². The van der Waals surface area contributed by atoms with Crippen molar-refractivity contribution >= 4 is 17.9 Å². The van der Waals surface area contributed by atoms with Crippen molar-refractivity contribution in [1.29, 1.82) is 0 Å². The second-order valence-corrected chi connectivity index (χ2v) is 7.48. The maximum Gasteiger partial charge on any atom is 0.231 e. The third kappa shape index (κ3) is 16.3. The van der Waals surface area contributed by atoms with Crippen LogP contribution in [0.4, 0.5) is 0 Å². The second kappa shape index (κ2) is 15.2. The Bertz CT molecular complexity index is 289. The van der Waals surface area contributed by atoms with Crippen LogP contribution in [-0.2, 0) is 14.3 Å². The molecule has 1 unspecified atom stereocenters. The first-order valence-corrected chi connectivity index (χ1v) is 9.68. The lowest BCUT2D eigenvalue weighted by atomic mass is 9.99. The van der Waals surface area contributed by atoms with Gasteiger partial charge in [0.15, 0.2) is 0 Å². The Morgan fingerprint density at radius 2 is 1.65 bits per heavy atom. The van der Waals surface area contributed by atoms with Crippen molar-refractivity contribution in [3.63, 3.8) is 0 Å². The molecule has 6 heteroatoms. The average molecular weight is 349 g/mol. The molecule has 0 fully saturated rings. The number of rotatable bonds is 15. The van der Waals surface area contributed by atoms with Crippen molar-refractivity contribution in [3.8, 4) is 0 Å². The van der Waals surface area contributed by atoms with Gasteiger partial charge in [-0.05, 0) is 24.2 Å². The van der Waals surface area contributed by atoms with Gasteiger partial charge in [0.1, 0.15) is 0 Å². The lowest BCUT2D eigenvalue weighted by molar-refractivity contribution is -0.118. The molecule has 0 aromatic carbocycles.